The van der Waals surface area contributed by atoms with Crippen LogP contribution in [0.5, 0.6) is 11.5 Å². The van der Waals surface area contributed by atoms with Crippen molar-refractivity contribution in [3.63, 3.8) is 0 Å². The average Bonchev–Trinajstić information content (AvgIpc) is 2.56. The van der Waals surface area contributed by atoms with Gasteiger partial charge in [-0.2, -0.15) is 5.10 Å². The fourth-order valence-corrected chi connectivity index (χ4v) is 2.13. The molecule has 0 aromatic heterocycles. The van der Waals surface area contributed by atoms with Crippen LogP contribution in [0, 0.1) is 0 Å². The van der Waals surface area contributed by atoms with Gasteiger partial charge in [0, 0.05) is 0 Å². The minimum absolute atomic E-state index is 0.370. The summed E-state index contributed by atoms with van der Waals surface area (Å²) in [5.41, 5.74) is 3.59. The first-order valence-electron chi connectivity index (χ1n) is 7.04. The molecule has 2 rings (SSSR count). The fraction of sp³-hybridized carbons (Fsp3) is 0.176. The second-order valence-electron chi connectivity index (χ2n) is 4.52. The molecule has 0 aliphatic heterocycles. The van der Waals surface area contributed by atoms with Crippen molar-refractivity contribution in [1.82, 2.24) is 5.43 Å². The van der Waals surface area contributed by atoms with Gasteiger partial charge in [-0.05, 0) is 42.8 Å². The Bertz CT molecular complexity index is 717. The van der Waals surface area contributed by atoms with Crippen molar-refractivity contribution in [1.29, 1.82) is 0 Å². The van der Waals surface area contributed by atoms with E-state index in [1.165, 1.54) is 6.21 Å². The predicted octanol–water partition coefficient (Wildman–Crippen LogP) is 3.51. The summed E-state index contributed by atoms with van der Waals surface area (Å²) in [7, 11) is 1.58. The van der Waals surface area contributed by atoms with Gasteiger partial charge in [0.15, 0.2) is 11.5 Å². The zero-order valence-electron chi connectivity index (χ0n) is 12.9. The third-order valence-electron chi connectivity index (χ3n) is 2.99. The third kappa shape index (κ3) is 4.47. The second-order valence-corrected chi connectivity index (χ2v) is 4.93. The van der Waals surface area contributed by atoms with Crippen molar-refractivity contribution < 1.29 is 14.3 Å². The van der Waals surface area contributed by atoms with Gasteiger partial charge in [-0.15, -0.1) is 0 Å². The van der Waals surface area contributed by atoms with Crippen molar-refractivity contribution >= 4 is 23.7 Å². The molecule has 0 bridgehead atoms. The molecule has 0 aliphatic rings. The Labute approximate surface area is 139 Å². The van der Waals surface area contributed by atoms with Crippen LogP contribution in [0.3, 0.4) is 0 Å². The summed E-state index contributed by atoms with van der Waals surface area (Å²) in [5.74, 6) is 0.894. The molecule has 1 N–H and O–H groups in total. The maximum atomic E-state index is 12.0. The van der Waals surface area contributed by atoms with E-state index in [0.717, 1.165) is 5.56 Å². The molecule has 0 atom stereocenters. The summed E-state index contributed by atoms with van der Waals surface area (Å²) in [6, 6.07) is 12.2. The zero-order chi connectivity index (χ0) is 16.7. The normalized spacial score (nSPS) is 10.6. The maximum absolute atomic E-state index is 12.0. The molecular weight excluding hydrogens is 316 g/mol. The lowest BCUT2D eigenvalue weighted by atomic mass is 10.2. The van der Waals surface area contributed by atoms with Crippen molar-refractivity contribution in [2.75, 3.05) is 13.7 Å². The number of nitrogens with zero attached hydrogens (tertiary/aromatic N) is 1. The molecule has 2 aromatic carbocycles. The van der Waals surface area contributed by atoms with Gasteiger partial charge in [-0.3, -0.25) is 4.79 Å². The molecule has 120 valence electrons. The Hall–Kier alpha value is -2.53. The first-order valence-corrected chi connectivity index (χ1v) is 7.42. The van der Waals surface area contributed by atoms with Crippen LogP contribution in [0.15, 0.2) is 47.6 Å². The Morgan fingerprint density at radius 1 is 1.26 bits per heavy atom. The molecule has 0 heterocycles. The highest BCUT2D eigenvalue weighted by atomic mass is 35.5. The monoisotopic (exact) mass is 332 g/mol. The van der Waals surface area contributed by atoms with Crippen LogP contribution in [-0.2, 0) is 0 Å². The van der Waals surface area contributed by atoms with E-state index in [0.29, 0.717) is 28.7 Å². The Kier molecular flexibility index (Phi) is 6.00. The topological polar surface area (TPSA) is 59.9 Å². The third-order valence-corrected chi connectivity index (χ3v) is 3.32. The fourth-order valence-electron chi connectivity index (χ4n) is 1.91. The van der Waals surface area contributed by atoms with E-state index in [1.54, 1.807) is 43.5 Å². The minimum Gasteiger partial charge on any atom is -0.493 e. The number of amides is 1. The molecule has 5 nitrogen and oxygen atoms in total. The Balaban J connectivity index is 2.07. The van der Waals surface area contributed by atoms with Gasteiger partial charge < -0.3 is 9.47 Å². The lowest BCUT2D eigenvalue weighted by Crippen LogP contribution is -2.17. The quantitative estimate of drug-likeness (QED) is 0.650. The Morgan fingerprint density at radius 2 is 2.04 bits per heavy atom. The number of carbonyl (C=O) groups is 1. The predicted molar refractivity (Wildman–Crippen MR) is 90.7 cm³/mol. The van der Waals surface area contributed by atoms with Crippen LogP contribution >= 0.6 is 11.6 Å². The number of hydrogen-bond acceptors (Lipinski definition) is 4. The van der Waals surface area contributed by atoms with E-state index in [1.807, 2.05) is 13.0 Å². The van der Waals surface area contributed by atoms with Gasteiger partial charge in [0.2, 0.25) is 0 Å². The van der Waals surface area contributed by atoms with Gasteiger partial charge in [0.25, 0.3) is 5.91 Å². The highest BCUT2D eigenvalue weighted by molar-refractivity contribution is 6.33. The summed E-state index contributed by atoms with van der Waals surface area (Å²) in [5, 5.41) is 4.31. The van der Waals surface area contributed by atoms with E-state index in [2.05, 4.69) is 10.5 Å². The molecule has 0 saturated heterocycles. The Morgan fingerprint density at radius 3 is 2.74 bits per heavy atom. The molecule has 23 heavy (non-hydrogen) atoms. The second kappa shape index (κ2) is 8.19. The molecule has 0 fully saturated rings. The zero-order valence-corrected chi connectivity index (χ0v) is 13.6. The van der Waals surface area contributed by atoms with Crippen molar-refractivity contribution in [2.45, 2.75) is 6.92 Å². The van der Waals surface area contributed by atoms with Gasteiger partial charge >= 0.3 is 0 Å². The standard InChI is InChI=1S/C17H17ClN2O3/c1-3-23-16-10-12(8-9-15(16)22-2)11-19-20-17(21)13-6-4-5-7-14(13)18/h4-11H,3H2,1-2H3,(H,20,21)/b19-11-. The van der Waals surface area contributed by atoms with Crippen LogP contribution in [0.2, 0.25) is 5.02 Å². The van der Waals surface area contributed by atoms with Crippen LogP contribution in [-0.4, -0.2) is 25.8 Å². The molecule has 0 aliphatic carbocycles. The number of halogens is 1. The number of rotatable bonds is 6. The van der Waals surface area contributed by atoms with E-state index >= 15 is 0 Å². The maximum Gasteiger partial charge on any atom is 0.272 e. The summed E-state index contributed by atoms with van der Waals surface area (Å²) in [6.45, 7) is 2.42. The smallest absolute Gasteiger partial charge is 0.272 e. The molecule has 0 spiro atoms. The number of methoxy groups -OCH3 is 1. The summed E-state index contributed by atoms with van der Waals surface area (Å²) < 4.78 is 10.7. The number of hydrazone groups is 1. The van der Waals surface area contributed by atoms with Crippen LogP contribution in [0.25, 0.3) is 0 Å². The highest BCUT2D eigenvalue weighted by Gasteiger charge is 2.08. The van der Waals surface area contributed by atoms with Gasteiger partial charge in [0.05, 0.1) is 30.5 Å². The SMILES string of the molecule is CCOc1cc(/C=N\NC(=O)c2ccccc2Cl)ccc1OC. The van der Waals surface area contributed by atoms with Crippen molar-refractivity contribution in [2.24, 2.45) is 5.10 Å². The van der Waals surface area contributed by atoms with Crippen LogP contribution in [0.4, 0.5) is 0 Å². The average molecular weight is 333 g/mol. The molecule has 6 heteroatoms. The van der Waals surface area contributed by atoms with E-state index in [9.17, 15) is 4.79 Å². The lowest BCUT2D eigenvalue weighted by Gasteiger charge is -2.09. The number of benzene rings is 2. The molecule has 0 radical (unpaired) electrons. The van der Waals surface area contributed by atoms with Crippen molar-refractivity contribution in [3.8, 4) is 11.5 Å². The van der Waals surface area contributed by atoms with Gasteiger partial charge in [0.1, 0.15) is 0 Å². The molecule has 2 aromatic rings. The first-order chi connectivity index (χ1) is 11.2. The summed E-state index contributed by atoms with van der Waals surface area (Å²) >= 11 is 5.96. The highest BCUT2D eigenvalue weighted by Crippen LogP contribution is 2.27. The molecule has 1 amide bonds. The summed E-state index contributed by atoms with van der Waals surface area (Å²) in [6.07, 6.45) is 1.52. The molecule has 0 saturated carbocycles. The van der Waals surface area contributed by atoms with Crippen LogP contribution in [0.1, 0.15) is 22.8 Å². The number of ether oxygens (including phenoxy) is 2. The minimum atomic E-state index is -0.370. The summed E-state index contributed by atoms with van der Waals surface area (Å²) in [4.78, 5) is 12.0. The van der Waals surface area contributed by atoms with Crippen molar-refractivity contribution in [3.05, 3.63) is 58.6 Å². The van der Waals surface area contributed by atoms with E-state index < -0.39 is 0 Å². The first kappa shape index (κ1) is 16.8. The largest absolute Gasteiger partial charge is 0.493 e. The van der Waals surface area contributed by atoms with E-state index in [-0.39, 0.29) is 5.91 Å². The molecule has 0 unspecified atom stereocenters. The lowest BCUT2D eigenvalue weighted by molar-refractivity contribution is 0.0955. The number of hydrogen-bond donors (Lipinski definition) is 1. The number of carbonyl (C=O) groups excluding carboxylic acids is 1. The molecular formula is C17H17ClN2O3. The van der Waals surface area contributed by atoms with E-state index in [4.69, 9.17) is 21.1 Å². The van der Waals surface area contributed by atoms with Gasteiger partial charge in [-0.1, -0.05) is 23.7 Å². The van der Waals surface area contributed by atoms with Crippen LogP contribution < -0.4 is 14.9 Å². The van der Waals surface area contributed by atoms with Gasteiger partial charge in [-0.25, -0.2) is 5.43 Å². The number of nitrogens with one attached hydrogen (secondary N) is 1.